The summed E-state index contributed by atoms with van der Waals surface area (Å²) in [6.45, 7) is 2.20. The van der Waals surface area contributed by atoms with Crippen LogP contribution in [0.3, 0.4) is 0 Å². The Labute approximate surface area is 168 Å². The quantitative estimate of drug-likeness (QED) is 0.514. The van der Waals surface area contributed by atoms with Crippen molar-refractivity contribution in [1.82, 2.24) is 20.1 Å². The number of benzene rings is 1. The minimum absolute atomic E-state index is 0.305. The van der Waals surface area contributed by atoms with Crippen molar-refractivity contribution in [3.63, 3.8) is 0 Å². The molecule has 1 amide bonds. The summed E-state index contributed by atoms with van der Waals surface area (Å²) in [5.74, 6) is -0.778. The van der Waals surface area contributed by atoms with Gasteiger partial charge in [-0.2, -0.15) is 5.10 Å². The van der Waals surface area contributed by atoms with E-state index in [0.717, 1.165) is 16.8 Å². The summed E-state index contributed by atoms with van der Waals surface area (Å²) >= 11 is 0. The van der Waals surface area contributed by atoms with E-state index in [1.165, 1.54) is 0 Å². The van der Waals surface area contributed by atoms with E-state index in [1.807, 2.05) is 49.4 Å². The van der Waals surface area contributed by atoms with Gasteiger partial charge in [0, 0.05) is 30.6 Å². The van der Waals surface area contributed by atoms with Gasteiger partial charge in [0.15, 0.2) is 0 Å². The summed E-state index contributed by atoms with van der Waals surface area (Å²) in [6, 6.07) is 14.3. The van der Waals surface area contributed by atoms with Crippen LogP contribution in [0.1, 0.15) is 12.5 Å². The number of carboxylic acids is 1. The number of carbonyl (C=O) groups is 2. The molecule has 1 atom stereocenters. The van der Waals surface area contributed by atoms with Crippen molar-refractivity contribution < 1.29 is 14.7 Å². The number of hydrogen-bond acceptors (Lipinski definition) is 5. The first-order valence-electron chi connectivity index (χ1n) is 9.35. The Kier molecular flexibility index (Phi) is 6.70. The molecule has 0 radical (unpaired) electrons. The molecule has 0 saturated heterocycles. The Morgan fingerprint density at radius 1 is 1.14 bits per heavy atom. The highest BCUT2D eigenvalue weighted by Gasteiger charge is 2.21. The van der Waals surface area contributed by atoms with Crippen LogP contribution in [0, 0.1) is 0 Å². The monoisotopic (exact) mass is 393 g/mol. The summed E-state index contributed by atoms with van der Waals surface area (Å²) < 4.78 is 1.70. The van der Waals surface area contributed by atoms with Crippen molar-refractivity contribution in [2.45, 2.75) is 25.9 Å². The predicted octanol–water partition coefficient (Wildman–Crippen LogP) is 2.19. The smallest absolute Gasteiger partial charge is 0.317 e. The number of carbonyl (C=O) groups excluding carboxylic acids is 1. The number of carboxylic acid groups (broad SMARTS) is 1. The lowest BCUT2D eigenvalue weighted by atomic mass is 10.1. The molecule has 0 bridgehead atoms. The van der Waals surface area contributed by atoms with Gasteiger partial charge >= 0.3 is 5.97 Å². The van der Waals surface area contributed by atoms with Crippen LogP contribution in [-0.4, -0.2) is 44.3 Å². The maximum absolute atomic E-state index is 12.9. The van der Waals surface area contributed by atoms with Gasteiger partial charge in [-0.1, -0.05) is 30.3 Å². The van der Waals surface area contributed by atoms with E-state index in [9.17, 15) is 9.59 Å². The number of hydrogen-bond donors (Lipinski definition) is 3. The Morgan fingerprint density at radius 2 is 1.86 bits per heavy atom. The minimum Gasteiger partial charge on any atom is -0.480 e. The summed E-state index contributed by atoms with van der Waals surface area (Å²) in [5.41, 5.74) is 2.56. The average Bonchev–Trinajstić information content (AvgIpc) is 3.15. The molecular weight excluding hydrogens is 370 g/mol. The van der Waals surface area contributed by atoms with E-state index in [4.69, 9.17) is 5.11 Å². The van der Waals surface area contributed by atoms with E-state index in [0.29, 0.717) is 18.8 Å². The molecule has 1 aromatic carbocycles. The molecule has 8 nitrogen and oxygen atoms in total. The first-order chi connectivity index (χ1) is 14.1. The Bertz CT molecular complexity index is 957. The fourth-order valence-corrected chi connectivity index (χ4v) is 2.95. The maximum atomic E-state index is 12.9. The molecule has 0 saturated carbocycles. The van der Waals surface area contributed by atoms with Crippen LogP contribution in [0.15, 0.2) is 60.9 Å². The normalized spacial score (nSPS) is 11.8. The van der Waals surface area contributed by atoms with Crippen LogP contribution in [-0.2, 0) is 22.6 Å². The summed E-state index contributed by atoms with van der Waals surface area (Å²) in [4.78, 5) is 27.9. The zero-order valence-electron chi connectivity index (χ0n) is 16.1. The minimum atomic E-state index is -1.02. The number of rotatable bonds is 9. The number of aromatic nitrogens is 3. The number of nitrogens with one attached hydrogen (secondary N) is 2. The number of aryl methyl sites for hydroxylation is 1. The number of anilines is 1. The molecule has 8 heteroatoms. The zero-order chi connectivity index (χ0) is 20.6. The second kappa shape index (κ2) is 9.61. The van der Waals surface area contributed by atoms with Crippen LogP contribution in [0.25, 0.3) is 11.3 Å². The summed E-state index contributed by atoms with van der Waals surface area (Å²) in [5, 5.41) is 19.2. The highest BCUT2D eigenvalue weighted by molar-refractivity contribution is 5.95. The van der Waals surface area contributed by atoms with Gasteiger partial charge in [-0.25, -0.2) is 4.68 Å². The Morgan fingerprint density at radius 3 is 2.52 bits per heavy atom. The molecule has 0 aliphatic carbocycles. The number of nitrogens with zero attached hydrogens (tertiary/aromatic N) is 3. The molecule has 2 heterocycles. The standard InChI is InChI=1S/C21H23N5O3/c1-2-26-19(13-17(25-26)16-8-10-22-11-9-16)24-21(29)18(23-14-20(27)28)12-15-6-4-3-5-7-15/h3-11,13,18,23H,2,12,14H2,1H3,(H,24,29)(H,27,28)/t18-/m0/s1. The van der Waals surface area contributed by atoms with Crippen molar-refractivity contribution in [2.24, 2.45) is 0 Å². The van der Waals surface area contributed by atoms with E-state index in [-0.39, 0.29) is 12.5 Å². The van der Waals surface area contributed by atoms with Crippen LogP contribution in [0.5, 0.6) is 0 Å². The van der Waals surface area contributed by atoms with Crippen LogP contribution in [0.2, 0.25) is 0 Å². The second-order valence-corrected chi connectivity index (χ2v) is 6.47. The highest BCUT2D eigenvalue weighted by Crippen LogP contribution is 2.21. The van der Waals surface area contributed by atoms with Crippen molar-refractivity contribution in [2.75, 3.05) is 11.9 Å². The first kappa shape index (κ1) is 20.2. The third-order valence-corrected chi connectivity index (χ3v) is 4.41. The molecule has 0 unspecified atom stereocenters. The number of aliphatic carboxylic acids is 1. The number of pyridine rings is 1. The molecule has 29 heavy (non-hydrogen) atoms. The molecule has 2 aromatic heterocycles. The molecule has 3 rings (SSSR count). The molecule has 0 fully saturated rings. The van der Waals surface area contributed by atoms with Crippen molar-refractivity contribution in [1.29, 1.82) is 0 Å². The molecule has 0 spiro atoms. The highest BCUT2D eigenvalue weighted by atomic mass is 16.4. The zero-order valence-corrected chi connectivity index (χ0v) is 16.1. The fraction of sp³-hybridized carbons (Fsp3) is 0.238. The third-order valence-electron chi connectivity index (χ3n) is 4.41. The van der Waals surface area contributed by atoms with Crippen LogP contribution >= 0.6 is 0 Å². The molecular formula is C21H23N5O3. The Balaban J connectivity index is 1.79. The third kappa shape index (κ3) is 5.49. The Hall–Kier alpha value is -3.52. The lowest BCUT2D eigenvalue weighted by Gasteiger charge is -2.18. The number of amides is 1. The van der Waals surface area contributed by atoms with Gasteiger partial charge in [0.2, 0.25) is 5.91 Å². The van der Waals surface area contributed by atoms with Crippen molar-refractivity contribution in [3.05, 3.63) is 66.5 Å². The van der Waals surface area contributed by atoms with Crippen LogP contribution < -0.4 is 10.6 Å². The van der Waals surface area contributed by atoms with Gasteiger partial charge < -0.3 is 10.4 Å². The second-order valence-electron chi connectivity index (χ2n) is 6.47. The van der Waals surface area contributed by atoms with Gasteiger partial charge in [-0.05, 0) is 31.0 Å². The van der Waals surface area contributed by atoms with E-state index in [1.54, 1.807) is 23.1 Å². The summed E-state index contributed by atoms with van der Waals surface area (Å²) in [6.07, 6.45) is 3.74. The van der Waals surface area contributed by atoms with Gasteiger partial charge in [0.05, 0.1) is 18.3 Å². The largest absolute Gasteiger partial charge is 0.480 e. The van der Waals surface area contributed by atoms with Crippen LogP contribution in [0.4, 0.5) is 5.82 Å². The lowest BCUT2D eigenvalue weighted by molar-refractivity contribution is -0.136. The molecule has 3 aromatic rings. The molecule has 150 valence electrons. The van der Waals surface area contributed by atoms with E-state index < -0.39 is 12.0 Å². The topological polar surface area (TPSA) is 109 Å². The fourth-order valence-electron chi connectivity index (χ4n) is 2.95. The predicted molar refractivity (Wildman–Crippen MR) is 109 cm³/mol. The van der Waals surface area contributed by atoms with Crippen molar-refractivity contribution >= 4 is 17.7 Å². The van der Waals surface area contributed by atoms with E-state index >= 15 is 0 Å². The maximum Gasteiger partial charge on any atom is 0.317 e. The van der Waals surface area contributed by atoms with Gasteiger partial charge in [0.25, 0.3) is 0 Å². The first-order valence-corrected chi connectivity index (χ1v) is 9.35. The molecule has 0 aliphatic heterocycles. The summed E-state index contributed by atoms with van der Waals surface area (Å²) in [7, 11) is 0. The van der Waals surface area contributed by atoms with Gasteiger partial charge in [0.1, 0.15) is 5.82 Å². The van der Waals surface area contributed by atoms with Crippen molar-refractivity contribution in [3.8, 4) is 11.3 Å². The molecule has 3 N–H and O–H groups in total. The lowest BCUT2D eigenvalue weighted by Crippen LogP contribution is -2.44. The van der Waals surface area contributed by atoms with E-state index in [2.05, 4.69) is 20.7 Å². The SMILES string of the molecule is CCn1nc(-c2ccncc2)cc1NC(=O)[C@H](Cc1ccccc1)NCC(=O)O. The van der Waals surface area contributed by atoms with Gasteiger partial charge in [-0.15, -0.1) is 0 Å². The average molecular weight is 393 g/mol. The molecule has 0 aliphatic rings. The van der Waals surface area contributed by atoms with Gasteiger partial charge in [-0.3, -0.25) is 19.9 Å².